The van der Waals surface area contributed by atoms with Crippen LogP contribution in [0.1, 0.15) is 25.8 Å². The number of hydrogen-bond acceptors (Lipinski definition) is 12. The van der Waals surface area contributed by atoms with Crippen LogP contribution in [0.3, 0.4) is 0 Å². The summed E-state index contributed by atoms with van der Waals surface area (Å²) in [5.41, 5.74) is 2.69. The van der Waals surface area contributed by atoms with E-state index in [0.29, 0.717) is 29.2 Å². The van der Waals surface area contributed by atoms with Crippen LogP contribution in [0.15, 0.2) is 34.9 Å². The molecule has 16 heteroatoms. The fourth-order valence-electron chi connectivity index (χ4n) is 5.55. The highest BCUT2D eigenvalue weighted by Crippen LogP contribution is 2.52. The van der Waals surface area contributed by atoms with E-state index in [1.165, 1.54) is 57.7 Å². The number of esters is 1. The number of rotatable bonds is 10. The molecule has 42 heavy (non-hydrogen) atoms. The van der Waals surface area contributed by atoms with E-state index < -0.39 is 40.2 Å². The zero-order chi connectivity index (χ0) is 30.3. The fraction of sp³-hybridized carbons (Fsp3) is 0.538. The van der Waals surface area contributed by atoms with Crippen LogP contribution in [0, 0.1) is 22.0 Å². The van der Waals surface area contributed by atoms with E-state index in [0.717, 1.165) is 0 Å². The highest BCUT2D eigenvalue weighted by molar-refractivity contribution is 8.03. The first kappa shape index (κ1) is 30.3. The number of carbonyl (C=O) groups excluding carboxylic acids is 4. The number of hydrogen-bond donors (Lipinski definition) is 3. The molecule has 0 aromatic heterocycles. The van der Waals surface area contributed by atoms with E-state index in [4.69, 9.17) is 9.47 Å². The summed E-state index contributed by atoms with van der Waals surface area (Å²) in [5.74, 6) is -2.70. The Bertz CT molecular complexity index is 1320. The van der Waals surface area contributed by atoms with Crippen molar-refractivity contribution in [2.24, 2.45) is 11.8 Å². The molecule has 3 fully saturated rings. The summed E-state index contributed by atoms with van der Waals surface area (Å²) < 4.78 is 11.6. The number of ether oxygens (including phenoxy) is 2. The average molecular weight is 622 g/mol. The van der Waals surface area contributed by atoms with Gasteiger partial charge in [-0.15, -0.1) is 23.5 Å². The van der Waals surface area contributed by atoms with E-state index in [-0.39, 0.29) is 47.2 Å². The summed E-state index contributed by atoms with van der Waals surface area (Å²) >= 11 is 2.89. The lowest BCUT2D eigenvalue weighted by Gasteiger charge is -2.46. The molecule has 5 rings (SSSR count). The summed E-state index contributed by atoms with van der Waals surface area (Å²) in [5, 5.41) is 25.3. The first-order valence-corrected chi connectivity index (χ1v) is 15.3. The molecule has 3 N–H and O–H groups in total. The van der Waals surface area contributed by atoms with E-state index in [2.05, 4.69) is 10.7 Å². The van der Waals surface area contributed by atoms with Gasteiger partial charge in [-0.3, -0.25) is 29.9 Å². The number of aliphatic hydroxyl groups is 1. The largest absolute Gasteiger partial charge is 0.456 e. The molecule has 7 atom stereocenters. The second-order valence-electron chi connectivity index (χ2n) is 10.6. The van der Waals surface area contributed by atoms with E-state index in [1.54, 1.807) is 14.0 Å². The topological polar surface area (TPSA) is 181 Å². The molecule has 14 nitrogen and oxygen atoms in total. The molecular weight excluding hydrogens is 590 g/mol. The zero-order valence-corrected chi connectivity index (χ0v) is 24.7. The highest BCUT2D eigenvalue weighted by Gasteiger charge is 2.60. The van der Waals surface area contributed by atoms with Gasteiger partial charge in [-0.2, -0.15) is 5.01 Å². The number of carbonyl (C=O) groups is 4. The maximum atomic E-state index is 13.4. The number of thioether (sulfide) groups is 2. The molecule has 4 aliphatic rings. The standard InChI is InChI=1S/C26H31N5O9S2/c1-12-19-18(13(2)32)24(35)30(19)20(25(36)40-9-14-4-6-15(7-5-14)31(37)38)21(12)42-17-8-16(39-10-17)11-41-26-27-22(33)23(34)28-29(26)3/h4-7,12-13,16-19,26,32H,8-11H2,1-3H3,(H,27,33)(H,28,34). The SMILES string of the molecule is CC(O)C1C(=O)N2C(C(=O)OCc3ccc([N+](=O)[O-])cc3)=C(SC3COC(CSC4NC(=O)C(=O)NN4C)C3)C(C)C12. The molecule has 3 saturated heterocycles. The summed E-state index contributed by atoms with van der Waals surface area (Å²) in [6.07, 6.45) is -0.342. The van der Waals surface area contributed by atoms with Gasteiger partial charge >= 0.3 is 17.8 Å². The number of aliphatic hydroxyl groups excluding tert-OH is 1. The summed E-state index contributed by atoms with van der Waals surface area (Å²) in [4.78, 5) is 62.2. The van der Waals surface area contributed by atoms with Crippen molar-refractivity contribution in [2.45, 2.75) is 55.9 Å². The molecule has 1 aromatic rings. The normalized spacial score (nSPS) is 30.0. The molecule has 4 heterocycles. The third-order valence-electron chi connectivity index (χ3n) is 7.69. The van der Waals surface area contributed by atoms with Crippen molar-refractivity contribution in [1.29, 1.82) is 0 Å². The molecule has 0 spiro atoms. The van der Waals surface area contributed by atoms with Crippen LogP contribution >= 0.6 is 23.5 Å². The number of benzene rings is 1. The van der Waals surface area contributed by atoms with Crippen LogP contribution < -0.4 is 10.7 Å². The van der Waals surface area contributed by atoms with Crippen LogP contribution in [0.5, 0.6) is 0 Å². The monoisotopic (exact) mass is 621 g/mol. The number of nitrogens with one attached hydrogen (secondary N) is 2. The van der Waals surface area contributed by atoms with Gasteiger partial charge in [0, 0.05) is 41.0 Å². The maximum Gasteiger partial charge on any atom is 0.356 e. The second kappa shape index (κ2) is 12.2. The zero-order valence-electron chi connectivity index (χ0n) is 23.1. The van der Waals surface area contributed by atoms with Gasteiger partial charge in [0.1, 0.15) is 17.8 Å². The molecule has 0 bridgehead atoms. The minimum absolute atomic E-state index is 0.0114. The molecular formula is C26H31N5O9S2. The molecule has 3 amide bonds. The van der Waals surface area contributed by atoms with Gasteiger partial charge in [0.15, 0.2) is 0 Å². The lowest BCUT2D eigenvalue weighted by Crippen LogP contribution is -2.63. The molecule has 226 valence electrons. The van der Waals surface area contributed by atoms with Crippen LogP contribution in [0.4, 0.5) is 5.69 Å². The lowest BCUT2D eigenvalue weighted by atomic mass is 9.79. The average Bonchev–Trinajstić information content (AvgIpc) is 3.49. The Kier molecular flexibility index (Phi) is 8.80. The van der Waals surface area contributed by atoms with Gasteiger partial charge in [0.05, 0.1) is 35.7 Å². The van der Waals surface area contributed by atoms with Gasteiger partial charge < -0.3 is 24.8 Å². The number of nitro groups is 1. The first-order valence-electron chi connectivity index (χ1n) is 13.4. The van der Waals surface area contributed by atoms with E-state index >= 15 is 0 Å². The Morgan fingerprint density at radius 1 is 1.26 bits per heavy atom. The molecule has 7 unspecified atom stereocenters. The van der Waals surface area contributed by atoms with Crippen LogP contribution in [0.25, 0.3) is 0 Å². The predicted octanol–water partition coefficient (Wildman–Crippen LogP) is 0.707. The van der Waals surface area contributed by atoms with Gasteiger partial charge in [-0.1, -0.05) is 6.92 Å². The summed E-state index contributed by atoms with van der Waals surface area (Å²) in [6, 6.07) is 5.30. The number of non-ortho nitro benzene ring substituents is 1. The van der Waals surface area contributed by atoms with Gasteiger partial charge in [0.25, 0.3) is 5.69 Å². The van der Waals surface area contributed by atoms with E-state index in [1.807, 2.05) is 6.92 Å². The van der Waals surface area contributed by atoms with Crippen molar-refractivity contribution in [3.63, 3.8) is 0 Å². The smallest absolute Gasteiger partial charge is 0.356 e. The van der Waals surface area contributed by atoms with Crippen LogP contribution in [-0.4, -0.2) is 92.0 Å². The Balaban J connectivity index is 1.25. The van der Waals surface area contributed by atoms with Crippen molar-refractivity contribution >= 4 is 52.9 Å². The minimum atomic E-state index is -0.873. The summed E-state index contributed by atoms with van der Waals surface area (Å²) in [6.45, 7) is 3.78. The lowest BCUT2D eigenvalue weighted by molar-refractivity contribution is -0.384. The van der Waals surface area contributed by atoms with Crippen LogP contribution in [0.2, 0.25) is 0 Å². The number of nitrogens with zero attached hydrogens (tertiary/aromatic N) is 3. The van der Waals surface area contributed by atoms with Crippen molar-refractivity contribution < 1.29 is 38.7 Å². The number of nitro benzene ring substituents is 1. The third-order valence-corrected chi connectivity index (χ3v) is 10.5. The molecule has 4 aliphatic heterocycles. The molecule has 0 saturated carbocycles. The Labute approximate surface area is 249 Å². The number of hydrazine groups is 1. The van der Waals surface area contributed by atoms with Crippen molar-refractivity contribution in [3.8, 4) is 0 Å². The van der Waals surface area contributed by atoms with Gasteiger partial charge in [0.2, 0.25) is 5.91 Å². The van der Waals surface area contributed by atoms with Crippen molar-refractivity contribution in [1.82, 2.24) is 20.7 Å². The van der Waals surface area contributed by atoms with Gasteiger partial charge in [-0.05, 0) is 31.0 Å². The van der Waals surface area contributed by atoms with Crippen LogP contribution in [-0.2, 0) is 35.3 Å². The number of amides is 3. The molecule has 0 radical (unpaired) electrons. The number of fused-ring (bicyclic) bond motifs is 1. The Morgan fingerprint density at radius 3 is 2.64 bits per heavy atom. The predicted molar refractivity (Wildman–Crippen MR) is 151 cm³/mol. The second-order valence-corrected chi connectivity index (χ2v) is 13.1. The molecule has 1 aromatic carbocycles. The quantitative estimate of drug-likeness (QED) is 0.110. The summed E-state index contributed by atoms with van der Waals surface area (Å²) in [7, 11) is 1.66. The first-order chi connectivity index (χ1) is 20.0. The third kappa shape index (κ3) is 5.86. The fourth-order valence-corrected chi connectivity index (χ4v) is 8.11. The highest BCUT2D eigenvalue weighted by atomic mass is 32.2. The van der Waals surface area contributed by atoms with E-state index in [9.17, 15) is 34.4 Å². The minimum Gasteiger partial charge on any atom is -0.456 e. The Hall–Kier alpha value is -3.18. The number of β-lactam (4-membered cyclic amide) rings is 1. The molecule has 0 aliphatic carbocycles. The van der Waals surface area contributed by atoms with Crippen molar-refractivity contribution in [2.75, 3.05) is 19.4 Å². The van der Waals surface area contributed by atoms with Crippen molar-refractivity contribution in [3.05, 3.63) is 50.5 Å². The van der Waals surface area contributed by atoms with Gasteiger partial charge in [-0.25, -0.2) is 4.79 Å². The Morgan fingerprint density at radius 2 is 1.98 bits per heavy atom. The maximum absolute atomic E-state index is 13.4.